The van der Waals surface area contributed by atoms with E-state index >= 15 is 0 Å². The maximum Gasteiger partial charge on any atom is 0.340 e. The maximum atomic E-state index is 14.0. The van der Waals surface area contributed by atoms with E-state index in [0.717, 1.165) is 11.3 Å². The minimum absolute atomic E-state index is 0.0394. The summed E-state index contributed by atoms with van der Waals surface area (Å²) < 4.78 is 31.3. The summed E-state index contributed by atoms with van der Waals surface area (Å²) in [5.74, 6) is -2.00. The number of rotatable bonds is 9. The first-order valence-electron chi connectivity index (χ1n) is 17.5. The highest BCUT2D eigenvalue weighted by atomic mass is 16.5. The van der Waals surface area contributed by atoms with Crippen LogP contribution in [0.5, 0.6) is 0 Å². The number of methoxy groups -OCH3 is 4. The van der Waals surface area contributed by atoms with Crippen molar-refractivity contribution >= 4 is 23.5 Å². The summed E-state index contributed by atoms with van der Waals surface area (Å²) in [6, 6.07) is 6.11. The van der Waals surface area contributed by atoms with Crippen molar-refractivity contribution in [1.82, 2.24) is 4.90 Å². The number of hydrogen-bond acceptors (Lipinski definition) is 11. The van der Waals surface area contributed by atoms with Crippen molar-refractivity contribution < 1.29 is 48.3 Å². The number of ether oxygens (including phenoxy) is 5. The molecule has 1 aromatic rings. The number of hydrogen-bond donors (Lipinski definition) is 2. The number of carbonyl (C=O) groups is 3. The first-order chi connectivity index (χ1) is 23.0. The third-order valence-electron chi connectivity index (χ3n) is 14.2. The van der Waals surface area contributed by atoms with Crippen LogP contribution in [0.4, 0.5) is 5.69 Å². The monoisotopic (exact) mass is 668 g/mol. The lowest BCUT2D eigenvalue weighted by molar-refractivity contribution is -0.320. The van der Waals surface area contributed by atoms with Crippen LogP contribution in [0.15, 0.2) is 24.3 Å². The Hall–Kier alpha value is -2.45. The smallest absolute Gasteiger partial charge is 0.340 e. The minimum atomic E-state index is -1.69. The topological polar surface area (TPSA) is 144 Å². The molecule has 2 amide bonds. The number of benzene rings is 1. The van der Waals surface area contributed by atoms with E-state index in [-0.39, 0.29) is 90.9 Å². The number of likely N-dealkylation sites (tertiary alicyclic amines) is 1. The molecule has 1 spiro atoms. The SMILES string of the molecule is CCN1C[C@]2(COC(=O)c3ccccc3N3C(=O)CCC3=O)CC[C@H](OC)[C@@]34C5C[C@H]6C(OC)C5[C@](O)(C[C@@H]6OC)C(O)(C(OC)C23)C14. The van der Waals surface area contributed by atoms with Crippen LogP contribution in [-0.4, -0.2) is 123 Å². The van der Waals surface area contributed by atoms with E-state index in [0.29, 0.717) is 25.9 Å². The second-order valence-corrected chi connectivity index (χ2v) is 15.4. The lowest BCUT2D eigenvalue weighted by Gasteiger charge is -2.70. The van der Waals surface area contributed by atoms with Crippen molar-refractivity contribution in [3.8, 4) is 0 Å². The molecule has 7 fully saturated rings. The molecule has 2 heterocycles. The molecule has 2 aliphatic heterocycles. The molecule has 12 nitrogen and oxygen atoms in total. The van der Waals surface area contributed by atoms with Crippen LogP contribution in [0.25, 0.3) is 0 Å². The average Bonchev–Trinajstić information content (AvgIpc) is 3.66. The Kier molecular flexibility index (Phi) is 7.52. The fourth-order valence-corrected chi connectivity index (χ4v) is 13.0. The highest BCUT2D eigenvalue weighted by Gasteiger charge is 2.91. The van der Waals surface area contributed by atoms with Gasteiger partial charge in [0.2, 0.25) is 11.8 Å². The fraction of sp³-hybridized carbons (Fsp3) is 0.750. The Morgan fingerprint density at radius 1 is 1.00 bits per heavy atom. The number of para-hydroxylation sites is 1. The molecule has 12 heteroatoms. The van der Waals surface area contributed by atoms with Gasteiger partial charge in [0, 0.05) is 82.8 Å². The molecule has 48 heavy (non-hydrogen) atoms. The number of nitrogens with zero attached hydrogens (tertiary/aromatic N) is 2. The molecule has 2 saturated heterocycles. The predicted molar refractivity (Wildman–Crippen MR) is 170 cm³/mol. The number of likely N-dealkylation sites (N-methyl/N-ethyl adjacent to an activating group) is 1. The Bertz CT molecular complexity index is 1510. The third-order valence-corrected chi connectivity index (χ3v) is 14.2. The van der Waals surface area contributed by atoms with E-state index in [1.165, 1.54) is 0 Å². The van der Waals surface area contributed by atoms with E-state index in [9.17, 15) is 24.6 Å². The Morgan fingerprint density at radius 2 is 1.73 bits per heavy atom. The summed E-state index contributed by atoms with van der Waals surface area (Å²) in [5, 5.41) is 26.5. The van der Waals surface area contributed by atoms with Gasteiger partial charge < -0.3 is 33.9 Å². The van der Waals surface area contributed by atoms with Gasteiger partial charge in [0.05, 0.1) is 48.3 Å². The first kappa shape index (κ1) is 32.7. The second-order valence-electron chi connectivity index (χ2n) is 15.4. The van der Waals surface area contributed by atoms with Crippen LogP contribution in [0.1, 0.15) is 55.8 Å². The van der Waals surface area contributed by atoms with Crippen molar-refractivity contribution in [3.05, 3.63) is 29.8 Å². The van der Waals surface area contributed by atoms with Gasteiger partial charge in [0.25, 0.3) is 0 Å². The highest BCUT2D eigenvalue weighted by molar-refractivity contribution is 6.21. The van der Waals surface area contributed by atoms with Gasteiger partial charge in [0.1, 0.15) is 11.2 Å². The lowest BCUT2D eigenvalue weighted by Crippen LogP contribution is -2.82. The number of esters is 1. The van der Waals surface area contributed by atoms with Crippen molar-refractivity contribution in [2.24, 2.45) is 34.5 Å². The summed E-state index contributed by atoms with van der Waals surface area (Å²) in [4.78, 5) is 42.6. The molecule has 7 aliphatic rings. The summed E-state index contributed by atoms with van der Waals surface area (Å²) in [7, 11) is 6.70. The first-order valence-corrected chi connectivity index (χ1v) is 17.5. The maximum absolute atomic E-state index is 14.0. The van der Waals surface area contributed by atoms with Crippen molar-refractivity contribution in [2.45, 2.75) is 87.1 Å². The van der Waals surface area contributed by atoms with Crippen LogP contribution in [0.2, 0.25) is 0 Å². The van der Waals surface area contributed by atoms with Gasteiger partial charge in [-0.2, -0.15) is 0 Å². The largest absolute Gasteiger partial charge is 0.461 e. The van der Waals surface area contributed by atoms with Gasteiger partial charge in [-0.15, -0.1) is 0 Å². The minimum Gasteiger partial charge on any atom is -0.461 e. The van der Waals surface area contributed by atoms with Gasteiger partial charge in [-0.1, -0.05) is 19.1 Å². The average molecular weight is 669 g/mol. The predicted octanol–water partition coefficient (Wildman–Crippen LogP) is 1.79. The van der Waals surface area contributed by atoms with Gasteiger partial charge in [0.15, 0.2) is 0 Å². The molecular formula is C36H48N2O10. The summed E-state index contributed by atoms with van der Waals surface area (Å²) in [6.45, 7) is 3.24. The molecule has 13 atom stereocenters. The summed E-state index contributed by atoms with van der Waals surface area (Å²) in [6.07, 6.45) is 0.951. The van der Waals surface area contributed by atoms with E-state index in [4.69, 9.17) is 23.7 Å². The number of amides is 2. The van der Waals surface area contributed by atoms with Crippen LogP contribution in [0, 0.1) is 34.5 Å². The Labute approximate surface area is 280 Å². The molecule has 7 bridgehead atoms. The molecule has 1 aromatic carbocycles. The molecule has 2 N–H and O–H groups in total. The zero-order valence-electron chi connectivity index (χ0n) is 28.4. The molecule has 7 unspecified atom stereocenters. The lowest BCUT2D eigenvalue weighted by atomic mass is 9.42. The molecule has 0 aromatic heterocycles. The van der Waals surface area contributed by atoms with Crippen LogP contribution < -0.4 is 4.90 Å². The number of anilines is 1. The summed E-state index contributed by atoms with van der Waals surface area (Å²) in [5.41, 5.74) is -4.15. The number of imide groups is 1. The van der Waals surface area contributed by atoms with E-state index in [2.05, 4.69) is 11.8 Å². The molecule has 5 aliphatic carbocycles. The normalized spacial score (nSPS) is 47.1. The Balaban J connectivity index is 1.24. The highest BCUT2D eigenvalue weighted by Crippen LogP contribution is 2.80. The van der Waals surface area contributed by atoms with Crippen molar-refractivity contribution in [3.63, 3.8) is 0 Å². The number of aliphatic hydroxyl groups is 2. The van der Waals surface area contributed by atoms with Crippen LogP contribution >= 0.6 is 0 Å². The Morgan fingerprint density at radius 3 is 2.38 bits per heavy atom. The van der Waals surface area contributed by atoms with Crippen LogP contribution in [0.3, 0.4) is 0 Å². The molecule has 262 valence electrons. The fourth-order valence-electron chi connectivity index (χ4n) is 13.0. The number of piperidine rings is 1. The molecular weight excluding hydrogens is 620 g/mol. The molecule has 8 rings (SSSR count). The van der Waals surface area contributed by atoms with Gasteiger partial charge >= 0.3 is 5.97 Å². The number of carbonyl (C=O) groups excluding carboxylic acids is 3. The zero-order chi connectivity index (χ0) is 34.0. The van der Waals surface area contributed by atoms with Crippen LogP contribution in [-0.2, 0) is 33.3 Å². The molecule has 0 radical (unpaired) electrons. The standard InChI is InChI=1S/C36H48N2O10/c1-6-37-17-33(18-48-31(41)19-9-7-8-10-22(19)38-25(39)11-12-26(38)40)14-13-24(45-3)35-21-15-20-23(44-2)16-34(42,27(21)28(20)46-4)36(43,32(35)37)30(47-5)29(33)35/h7-10,20-21,23-24,27-30,32,42-43H,6,11-18H2,1-5H3/t20-,21?,23+,24+,27?,28?,29?,30?,32?,33+,34-,35+,36?/m1/s1. The van der Waals surface area contributed by atoms with Crippen molar-refractivity contribution in [1.29, 1.82) is 0 Å². The van der Waals surface area contributed by atoms with Gasteiger partial charge in [-0.05, 0) is 43.9 Å². The number of fused-ring (bicyclic) bond motifs is 2. The van der Waals surface area contributed by atoms with E-state index in [1.807, 2.05) is 0 Å². The van der Waals surface area contributed by atoms with Gasteiger partial charge in [-0.3, -0.25) is 14.5 Å². The zero-order valence-corrected chi connectivity index (χ0v) is 28.4. The van der Waals surface area contributed by atoms with Gasteiger partial charge in [-0.25, -0.2) is 9.69 Å². The second kappa shape index (κ2) is 11.0. The van der Waals surface area contributed by atoms with E-state index in [1.54, 1.807) is 52.7 Å². The quantitative estimate of drug-likeness (QED) is 0.294. The third kappa shape index (κ3) is 3.67. The van der Waals surface area contributed by atoms with Crippen molar-refractivity contribution in [2.75, 3.05) is 53.0 Å². The molecule has 5 saturated carbocycles. The summed E-state index contributed by atoms with van der Waals surface area (Å²) >= 11 is 0. The van der Waals surface area contributed by atoms with E-state index < -0.39 is 40.1 Å².